The summed E-state index contributed by atoms with van der Waals surface area (Å²) < 4.78 is 106. The van der Waals surface area contributed by atoms with Crippen molar-refractivity contribution in [1.82, 2.24) is 5.16 Å². The van der Waals surface area contributed by atoms with E-state index < -0.39 is 67.8 Å². The fourth-order valence-corrected chi connectivity index (χ4v) is 2.97. The van der Waals surface area contributed by atoms with Crippen LogP contribution in [0.2, 0.25) is 0 Å². The molecule has 128 valence electrons. The first-order valence-electron chi connectivity index (χ1n) is 8.89. The van der Waals surface area contributed by atoms with Gasteiger partial charge in [0.15, 0.2) is 21.4 Å². The summed E-state index contributed by atoms with van der Waals surface area (Å²) in [6.07, 6.45) is -9.00. The predicted octanol–water partition coefficient (Wildman–Crippen LogP) is 3.21. The average molecular weight is 364 g/mol. The largest absolute Gasteiger partial charge is 0.416 e. The van der Waals surface area contributed by atoms with Crippen LogP contribution in [-0.4, -0.2) is 25.6 Å². The molecule has 0 aliphatic heterocycles. The second-order valence-electron chi connectivity index (χ2n) is 5.00. The lowest BCUT2D eigenvalue weighted by atomic mass is 10.0. The number of sulfone groups is 1. The molecule has 24 heavy (non-hydrogen) atoms. The number of halogens is 3. The summed E-state index contributed by atoms with van der Waals surface area (Å²) in [7, 11) is -4.30. The maximum atomic E-state index is 12.9. The van der Waals surface area contributed by atoms with Crippen molar-refractivity contribution in [2.75, 3.05) is 6.26 Å². The van der Waals surface area contributed by atoms with Gasteiger partial charge in [0.25, 0.3) is 0 Å². The van der Waals surface area contributed by atoms with Crippen molar-refractivity contribution in [2.45, 2.75) is 29.7 Å². The van der Waals surface area contributed by atoms with E-state index in [9.17, 15) is 26.4 Å². The van der Waals surface area contributed by atoms with Gasteiger partial charge in [0.05, 0.1) is 22.2 Å². The van der Waals surface area contributed by atoms with Crippen LogP contribution in [0.5, 0.6) is 0 Å². The van der Waals surface area contributed by atoms with E-state index >= 15 is 0 Å². The summed E-state index contributed by atoms with van der Waals surface area (Å²) in [4.78, 5) is 12.0. The number of carbonyl (C=O) groups excluding carboxylic acids is 1. The molecule has 1 aromatic heterocycles. The van der Waals surface area contributed by atoms with E-state index in [4.69, 9.17) is 11.4 Å². The third kappa shape index (κ3) is 3.08. The maximum absolute atomic E-state index is 12.9. The van der Waals surface area contributed by atoms with E-state index in [1.54, 1.807) is 0 Å². The molecule has 0 atom stereocenters. The lowest BCUT2D eigenvalue weighted by molar-refractivity contribution is -0.137. The second kappa shape index (κ2) is 5.44. The molecule has 0 bridgehead atoms. The summed E-state index contributed by atoms with van der Waals surface area (Å²) in [5.74, 6) is -4.61. The number of hydrogen-bond acceptors (Lipinski definition) is 5. The monoisotopic (exact) mass is 364 g/mol. The van der Waals surface area contributed by atoms with Crippen LogP contribution in [0.3, 0.4) is 0 Å². The summed E-state index contributed by atoms with van der Waals surface area (Å²) in [5, 5.41) is 3.28. The lowest BCUT2D eigenvalue weighted by Gasteiger charge is -2.11. The van der Waals surface area contributed by atoms with Gasteiger partial charge in [0.2, 0.25) is 0 Å². The van der Waals surface area contributed by atoms with Crippen LogP contribution in [0.1, 0.15) is 52.7 Å². The van der Waals surface area contributed by atoms with Crippen LogP contribution < -0.4 is 0 Å². The number of rotatable bonds is 4. The first-order chi connectivity index (χ1) is 13.0. The molecule has 0 radical (unpaired) electrons. The molecular formula is C15H12F3NO4S. The molecule has 5 nitrogen and oxygen atoms in total. The minimum atomic E-state index is -4.87. The number of alkyl halides is 3. The molecule has 1 heterocycles. The molecular weight excluding hydrogens is 347 g/mol. The molecule has 3 rings (SSSR count). The summed E-state index contributed by atoms with van der Waals surface area (Å²) in [6, 6.07) is 1.44. The average Bonchev–Trinajstić information content (AvgIpc) is 2.96. The lowest BCUT2D eigenvalue weighted by Crippen LogP contribution is -2.13. The van der Waals surface area contributed by atoms with Crippen molar-refractivity contribution in [1.29, 1.82) is 0 Å². The Morgan fingerprint density at radius 3 is 2.58 bits per heavy atom. The highest BCUT2D eigenvalue weighted by molar-refractivity contribution is 7.90. The Kier molecular flexibility index (Phi) is 2.58. The predicted molar refractivity (Wildman–Crippen MR) is 76.5 cm³/mol. The van der Waals surface area contributed by atoms with Crippen molar-refractivity contribution in [3.63, 3.8) is 0 Å². The zero-order valence-corrected chi connectivity index (χ0v) is 12.7. The number of carbonyl (C=O) groups is 1. The van der Waals surface area contributed by atoms with E-state index in [-0.39, 0.29) is 0 Å². The van der Waals surface area contributed by atoms with Gasteiger partial charge in [0.1, 0.15) is 0 Å². The normalized spacial score (nSPS) is 24.1. The van der Waals surface area contributed by atoms with Crippen LogP contribution in [0.4, 0.5) is 13.2 Å². The molecule has 1 saturated carbocycles. The topological polar surface area (TPSA) is 77.2 Å². The molecule has 1 aromatic carbocycles. The van der Waals surface area contributed by atoms with Gasteiger partial charge in [-0.15, -0.1) is 0 Å². The summed E-state index contributed by atoms with van der Waals surface area (Å²) in [6.45, 7) is 0. The highest BCUT2D eigenvalue weighted by atomic mass is 32.2. The third-order valence-corrected chi connectivity index (χ3v) is 4.38. The molecule has 2 aromatic rings. The first kappa shape index (κ1) is 11.4. The Labute approximate surface area is 142 Å². The number of benzene rings is 1. The molecule has 0 amide bonds. The molecule has 0 spiro atoms. The third-order valence-electron chi connectivity index (χ3n) is 3.25. The van der Waals surface area contributed by atoms with Crippen molar-refractivity contribution in [3.05, 3.63) is 46.8 Å². The Hall–Kier alpha value is -2.16. The van der Waals surface area contributed by atoms with Gasteiger partial charge in [-0.1, -0.05) is 5.16 Å². The molecule has 0 saturated heterocycles. The Morgan fingerprint density at radius 2 is 2.04 bits per heavy atom. The summed E-state index contributed by atoms with van der Waals surface area (Å²) in [5.41, 5.74) is -2.59. The highest BCUT2D eigenvalue weighted by Crippen LogP contribution is 2.42. The zero-order chi connectivity index (χ0) is 22.2. The van der Waals surface area contributed by atoms with E-state index in [1.165, 1.54) is 0 Å². The molecule has 1 fully saturated rings. The molecule has 1 aliphatic rings. The van der Waals surface area contributed by atoms with Crippen molar-refractivity contribution in [3.8, 4) is 0 Å². The van der Waals surface area contributed by atoms with Crippen LogP contribution in [0.15, 0.2) is 33.8 Å². The minimum absolute atomic E-state index is 0.294. The van der Waals surface area contributed by atoms with Gasteiger partial charge in [-0.3, -0.25) is 4.79 Å². The van der Waals surface area contributed by atoms with Crippen LogP contribution >= 0.6 is 0 Å². The number of nitrogens with zero attached hydrogens (tertiary/aromatic N) is 1. The standard InChI is InChI=1S/C15H12F3NO4S/c1-24(21,22)12-6-9(15(16,17)18)4-5-10(12)13(20)11-7-19-23-14(11)8-2-3-8/h4-8H,2-3H2,1H3/i2D2,3D2,8D. The fourth-order valence-electron chi connectivity index (χ4n) is 2.06. The number of hydrogen-bond donors (Lipinski definition) is 0. The molecule has 0 N–H and O–H groups in total. The number of aromatic nitrogens is 1. The molecule has 9 heteroatoms. The van der Waals surface area contributed by atoms with Gasteiger partial charge in [0, 0.05) is 24.6 Å². The van der Waals surface area contributed by atoms with Gasteiger partial charge in [-0.2, -0.15) is 13.2 Å². The summed E-state index contributed by atoms with van der Waals surface area (Å²) >= 11 is 0. The second-order valence-corrected chi connectivity index (χ2v) is 6.99. The molecule has 1 aliphatic carbocycles. The molecule has 0 unspecified atom stereocenters. The maximum Gasteiger partial charge on any atom is 0.416 e. The van der Waals surface area contributed by atoms with Gasteiger partial charge < -0.3 is 4.52 Å². The van der Waals surface area contributed by atoms with E-state index in [0.29, 0.717) is 24.5 Å². The fraction of sp³-hybridized carbons (Fsp3) is 0.333. The van der Waals surface area contributed by atoms with Crippen LogP contribution in [-0.2, 0) is 16.0 Å². The SMILES string of the molecule is [2H]C1([2H])C([2H])([2H])C1([2H])c1oncc1C(=O)c1ccc(C(F)(F)F)cc1S(C)(=O)=O. The van der Waals surface area contributed by atoms with Crippen molar-refractivity contribution >= 4 is 15.6 Å². The zero-order valence-electron chi connectivity index (χ0n) is 16.9. The van der Waals surface area contributed by atoms with Gasteiger partial charge in [-0.05, 0) is 30.9 Å². The highest BCUT2D eigenvalue weighted by Gasteiger charge is 2.36. The van der Waals surface area contributed by atoms with Crippen LogP contribution in [0, 0.1) is 0 Å². The van der Waals surface area contributed by atoms with Gasteiger partial charge in [-0.25, -0.2) is 8.42 Å². The number of ketones is 1. The quantitative estimate of drug-likeness (QED) is 0.779. The van der Waals surface area contributed by atoms with E-state index in [2.05, 4.69) is 5.16 Å². The van der Waals surface area contributed by atoms with Crippen LogP contribution in [0.25, 0.3) is 0 Å². The van der Waals surface area contributed by atoms with Crippen molar-refractivity contribution < 1.29 is 37.8 Å². The van der Waals surface area contributed by atoms with Gasteiger partial charge >= 0.3 is 6.18 Å². The van der Waals surface area contributed by atoms with Crippen molar-refractivity contribution in [2.24, 2.45) is 0 Å². The Bertz CT molecular complexity index is 1110. The smallest absolute Gasteiger partial charge is 0.360 e. The Balaban J connectivity index is 2.17. The minimum Gasteiger partial charge on any atom is -0.360 e. The Morgan fingerprint density at radius 1 is 1.38 bits per heavy atom. The van der Waals surface area contributed by atoms with E-state index in [0.717, 1.165) is 6.20 Å². The first-order valence-corrected chi connectivity index (χ1v) is 8.28. The van der Waals surface area contributed by atoms with E-state index in [1.807, 2.05) is 0 Å².